The summed E-state index contributed by atoms with van der Waals surface area (Å²) < 4.78 is 20.9. The second-order valence-electron chi connectivity index (χ2n) is 3.12. The molecule has 1 heterocycles. The van der Waals surface area contributed by atoms with Crippen LogP contribution >= 0.6 is 11.6 Å². The molecule has 0 atom stereocenters. The van der Waals surface area contributed by atoms with E-state index in [1.807, 2.05) is 4.90 Å². The van der Waals surface area contributed by atoms with Gasteiger partial charge in [0.05, 0.1) is 5.88 Å². The van der Waals surface area contributed by atoms with Crippen molar-refractivity contribution in [3.63, 3.8) is 0 Å². The number of halogens is 1. The fourth-order valence-corrected chi connectivity index (χ4v) is 2.29. The van der Waals surface area contributed by atoms with Crippen LogP contribution in [0.3, 0.4) is 0 Å². The van der Waals surface area contributed by atoms with Gasteiger partial charge in [-0.2, -0.15) is 0 Å². The zero-order valence-electron chi connectivity index (χ0n) is 7.49. The van der Waals surface area contributed by atoms with Crippen LogP contribution < -0.4 is 0 Å². The van der Waals surface area contributed by atoms with Gasteiger partial charge in [-0.3, -0.25) is 9.80 Å². The normalized spacial score (nSPS) is 21.1. The topological polar surface area (TPSA) is 40.6 Å². The third-order valence-corrected chi connectivity index (χ3v) is 2.98. The molecule has 1 aliphatic rings. The van der Waals surface area contributed by atoms with Gasteiger partial charge in [0.15, 0.2) is 10.7 Å². The number of alkyl halides is 1. The van der Waals surface area contributed by atoms with E-state index in [1.54, 1.807) is 0 Å². The Morgan fingerprint density at radius 2 is 1.62 bits per heavy atom. The van der Waals surface area contributed by atoms with E-state index in [4.69, 9.17) is 11.6 Å². The Morgan fingerprint density at radius 3 is 2.08 bits per heavy atom. The molecule has 0 aromatic rings. The number of piperazine rings is 1. The molecule has 0 aromatic carbocycles. The Labute approximate surface area is 85.4 Å². The Morgan fingerprint density at radius 1 is 1.08 bits per heavy atom. The van der Waals surface area contributed by atoms with Crippen molar-refractivity contribution in [2.45, 2.75) is 0 Å². The van der Waals surface area contributed by atoms with Crippen LogP contribution in [0.2, 0.25) is 0 Å². The van der Waals surface area contributed by atoms with Crippen molar-refractivity contribution in [3.05, 3.63) is 0 Å². The number of rotatable bonds is 4. The van der Waals surface area contributed by atoms with Gasteiger partial charge >= 0.3 is 0 Å². The fraction of sp³-hybridized carbons (Fsp3) is 1.00. The van der Waals surface area contributed by atoms with Crippen molar-refractivity contribution in [2.75, 3.05) is 44.5 Å². The van der Waals surface area contributed by atoms with E-state index in [0.29, 0.717) is 5.88 Å². The number of hydrogen-bond acceptors (Lipinski definition) is 4. The second kappa shape index (κ2) is 5.80. The molecule has 6 heteroatoms. The molecule has 78 valence electrons. The lowest BCUT2D eigenvalue weighted by Gasteiger charge is -2.32. The van der Waals surface area contributed by atoms with Crippen LogP contribution in [0, 0.1) is 0 Å². The zero-order chi connectivity index (χ0) is 9.68. The lowest BCUT2D eigenvalue weighted by Crippen LogP contribution is -2.47. The molecule has 0 aliphatic carbocycles. The highest BCUT2D eigenvalue weighted by atomic mass is 35.5. The first kappa shape index (κ1) is 11.2. The first-order valence-electron chi connectivity index (χ1n) is 4.35. The van der Waals surface area contributed by atoms with Crippen LogP contribution in [0.1, 0.15) is 0 Å². The summed E-state index contributed by atoms with van der Waals surface area (Å²) in [5.41, 5.74) is 0. The Balaban J connectivity index is 2.22. The molecule has 1 aliphatic heterocycles. The number of thiol groups is 1. The van der Waals surface area contributed by atoms with Crippen molar-refractivity contribution >= 4 is 22.3 Å². The van der Waals surface area contributed by atoms with Gasteiger partial charge in [0.1, 0.15) is 0 Å². The third-order valence-electron chi connectivity index (χ3n) is 2.18. The molecule has 0 bridgehead atoms. The smallest absolute Gasteiger partial charge is 0.153 e. The molecule has 1 rings (SSSR count). The van der Waals surface area contributed by atoms with E-state index >= 15 is 0 Å². The Bertz CT molecular complexity index is 207. The van der Waals surface area contributed by atoms with Gasteiger partial charge in [-0.25, -0.2) is 8.42 Å². The molecule has 0 amide bonds. The zero-order valence-corrected chi connectivity index (χ0v) is 9.14. The highest BCUT2D eigenvalue weighted by molar-refractivity contribution is 7.72. The van der Waals surface area contributed by atoms with E-state index in [9.17, 15) is 8.42 Å². The predicted octanol–water partition coefficient (Wildman–Crippen LogP) is -0.588. The molecule has 1 saturated heterocycles. The van der Waals surface area contributed by atoms with Crippen LogP contribution in [0.15, 0.2) is 0 Å². The number of nitrogens with zero attached hydrogens (tertiary/aromatic N) is 2. The molecule has 0 radical (unpaired) electrons. The average molecular weight is 227 g/mol. The van der Waals surface area contributed by atoms with E-state index < -0.39 is 10.7 Å². The van der Waals surface area contributed by atoms with Gasteiger partial charge in [-0.05, 0) is 0 Å². The summed E-state index contributed by atoms with van der Waals surface area (Å²) in [5, 5.41) is 0. The maximum absolute atomic E-state index is 10.4. The molecular formula is C7H15ClN2O2S. The van der Waals surface area contributed by atoms with Crippen LogP contribution in [-0.4, -0.2) is 62.7 Å². The second-order valence-corrected chi connectivity index (χ2v) is 4.45. The maximum atomic E-state index is 10.4. The lowest BCUT2D eigenvalue weighted by atomic mass is 10.3. The molecule has 0 spiro atoms. The van der Waals surface area contributed by atoms with Crippen LogP contribution in [0.5, 0.6) is 0 Å². The van der Waals surface area contributed by atoms with Gasteiger partial charge in [0.2, 0.25) is 0 Å². The largest absolute Gasteiger partial charge is 0.300 e. The minimum Gasteiger partial charge on any atom is -0.300 e. The monoisotopic (exact) mass is 226 g/mol. The summed E-state index contributed by atoms with van der Waals surface area (Å²) in [7, 11) is -2.26. The highest BCUT2D eigenvalue weighted by Crippen LogP contribution is 2.01. The van der Waals surface area contributed by atoms with Crippen molar-refractivity contribution in [2.24, 2.45) is 0 Å². The highest BCUT2D eigenvalue weighted by Gasteiger charge is 2.15. The van der Waals surface area contributed by atoms with E-state index in [1.165, 1.54) is 0 Å². The molecule has 13 heavy (non-hydrogen) atoms. The molecule has 0 N–H and O–H groups in total. The molecule has 0 aromatic heterocycles. The van der Waals surface area contributed by atoms with E-state index in [2.05, 4.69) is 4.90 Å². The average Bonchev–Trinajstić information content (AvgIpc) is 2.08. The SMILES string of the molecule is O=[SH](=O)CN1CCN(CCCl)CC1. The minimum absolute atomic E-state index is 0.198. The van der Waals surface area contributed by atoms with Gasteiger partial charge < -0.3 is 0 Å². The number of hydrogen-bond donors (Lipinski definition) is 1. The van der Waals surface area contributed by atoms with Crippen molar-refractivity contribution in [1.82, 2.24) is 9.80 Å². The summed E-state index contributed by atoms with van der Waals surface area (Å²) in [5.74, 6) is 0.847. The first-order chi connectivity index (χ1) is 6.22. The standard InChI is InChI=1S/C7H15ClN2O2S/c8-1-2-9-3-5-10(6-4-9)7-13(11)12/h13H,1-7H2. The first-order valence-corrected chi connectivity index (χ1v) is 6.24. The summed E-state index contributed by atoms with van der Waals surface area (Å²) in [4.78, 5) is 4.21. The molecule has 0 saturated carbocycles. The van der Waals surface area contributed by atoms with Crippen LogP contribution in [0.4, 0.5) is 0 Å². The van der Waals surface area contributed by atoms with Gasteiger partial charge in [0.25, 0.3) is 0 Å². The summed E-state index contributed by atoms with van der Waals surface area (Å²) >= 11 is 5.60. The van der Waals surface area contributed by atoms with Crippen LogP contribution in [0.25, 0.3) is 0 Å². The Kier molecular flexibility index (Phi) is 5.01. The van der Waals surface area contributed by atoms with Crippen molar-refractivity contribution in [1.29, 1.82) is 0 Å². The maximum Gasteiger partial charge on any atom is 0.153 e. The van der Waals surface area contributed by atoms with E-state index in [0.717, 1.165) is 32.7 Å². The van der Waals surface area contributed by atoms with Crippen molar-refractivity contribution in [3.8, 4) is 0 Å². The Hall–Kier alpha value is 0.160. The van der Waals surface area contributed by atoms with Crippen molar-refractivity contribution < 1.29 is 8.42 Å². The molecule has 4 nitrogen and oxygen atoms in total. The summed E-state index contributed by atoms with van der Waals surface area (Å²) in [6, 6.07) is 0. The van der Waals surface area contributed by atoms with Crippen LogP contribution in [-0.2, 0) is 10.7 Å². The quantitative estimate of drug-likeness (QED) is 0.514. The van der Waals surface area contributed by atoms with Gasteiger partial charge in [-0.1, -0.05) is 0 Å². The predicted molar refractivity (Wildman–Crippen MR) is 53.9 cm³/mol. The van der Waals surface area contributed by atoms with E-state index in [-0.39, 0.29) is 5.88 Å². The third kappa shape index (κ3) is 4.26. The van der Waals surface area contributed by atoms with Gasteiger partial charge in [0, 0.05) is 38.6 Å². The molecule has 0 unspecified atom stereocenters. The summed E-state index contributed by atoms with van der Waals surface area (Å²) in [6.07, 6.45) is 0. The fourth-order valence-electron chi connectivity index (χ4n) is 1.44. The minimum atomic E-state index is -2.26. The molecular weight excluding hydrogens is 212 g/mol. The lowest BCUT2D eigenvalue weighted by molar-refractivity contribution is 0.154. The van der Waals surface area contributed by atoms with Gasteiger partial charge in [-0.15, -0.1) is 11.6 Å². The summed E-state index contributed by atoms with van der Waals surface area (Å²) in [6.45, 7) is 4.42. The molecule has 1 fully saturated rings.